The molecule has 2 rings (SSSR count). The SMILES string of the molecule is Cc1cc(Cl)n2cnc(C(=O)O)c2n1. The minimum absolute atomic E-state index is 0.0874. The number of rotatable bonds is 1. The lowest BCUT2D eigenvalue weighted by molar-refractivity contribution is 0.0693. The highest BCUT2D eigenvalue weighted by Crippen LogP contribution is 2.15. The average molecular weight is 212 g/mol. The predicted octanol–water partition coefficient (Wildman–Crippen LogP) is 1.39. The molecular weight excluding hydrogens is 206 g/mol. The maximum Gasteiger partial charge on any atom is 0.358 e. The molecule has 6 heteroatoms. The summed E-state index contributed by atoms with van der Waals surface area (Å²) in [5.74, 6) is -1.11. The standard InChI is InChI=1S/C8H6ClN3O2/c1-4-2-5(9)12-3-10-6(8(13)14)7(12)11-4/h2-3H,1H3,(H,13,14). The topological polar surface area (TPSA) is 67.5 Å². The van der Waals surface area contributed by atoms with E-state index in [2.05, 4.69) is 9.97 Å². The molecular formula is C8H6ClN3O2. The molecule has 2 aromatic heterocycles. The molecule has 0 spiro atoms. The van der Waals surface area contributed by atoms with Crippen LogP contribution in [0.5, 0.6) is 0 Å². The van der Waals surface area contributed by atoms with E-state index in [0.29, 0.717) is 10.8 Å². The van der Waals surface area contributed by atoms with Crippen LogP contribution < -0.4 is 0 Å². The van der Waals surface area contributed by atoms with Crippen LogP contribution in [0.1, 0.15) is 16.2 Å². The summed E-state index contributed by atoms with van der Waals surface area (Å²) >= 11 is 5.87. The van der Waals surface area contributed by atoms with E-state index < -0.39 is 5.97 Å². The van der Waals surface area contributed by atoms with Gasteiger partial charge in [0, 0.05) is 5.69 Å². The zero-order valence-electron chi connectivity index (χ0n) is 7.23. The summed E-state index contributed by atoms with van der Waals surface area (Å²) in [6, 6.07) is 1.64. The van der Waals surface area contributed by atoms with Gasteiger partial charge in [-0.15, -0.1) is 0 Å². The van der Waals surface area contributed by atoms with E-state index in [1.54, 1.807) is 13.0 Å². The van der Waals surface area contributed by atoms with Crippen molar-refractivity contribution in [1.29, 1.82) is 0 Å². The number of aromatic carboxylic acids is 1. The van der Waals surface area contributed by atoms with Gasteiger partial charge in [-0.2, -0.15) is 0 Å². The lowest BCUT2D eigenvalue weighted by Crippen LogP contribution is -2.00. The minimum atomic E-state index is -1.11. The molecule has 1 N–H and O–H groups in total. The van der Waals surface area contributed by atoms with Crippen molar-refractivity contribution in [2.45, 2.75) is 6.92 Å². The van der Waals surface area contributed by atoms with Gasteiger partial charge in [-0.3, -0.25) is 4.40 Å². The Kier molecular flexibility index (Phi) is 1.89. The van der Waals surface area contributed by atoms with E-state index in [0.717, 1.165) is 0 Å². The van der Waals surface area contributed by atoms with Crippen molar-refractivity contribution in [3.8, 4) is 0 Å². The van der Waals surface area contributed by atoms with E-state index >= 15 is 0 Å². The van der Waals surface area contributed by atoms with Gasteiger partial charge in [0.25, 0.3) is 0 Å². The number of halogens is 1. The highest BCUT2D eigenvalue weighted by molar-refractivity contribution is 6.29. The van der Waals surface area contributed by atoms with E-state index in [9.17, 15) is 4.79 Å². The number of aromatic nitrogens is 3. The summed E-state index contributed by atoms with van der Waals surface area (Å²) in [6.07, 6.45) is 1.34. The Labute approximate surface area is 84.0 Å². The first kappa shape index (κ1) is 8.96. The fourth-order valence-electron chi connectivity index (χ4n) is 1.20. The van der Waals surface area contributed by atoms with Gasteiger partial charge < -0.3 is 5.11 Å². The highest BCUT2D eigenvalue weighted by atomic mass is 35.5. The first-order chi connectivity index (χ1) is 6.59. The van der Waals surface area contributed by atoms with Crippen molar-refractivity contribution >= 4 is 23.2 Å². The molecule has 0 bridgehead atoms. The lowest BCUT2D eigenvalue weighted by atomic mass is 10.4. The van der Waals surface area contributed by atoms with Crippen molar-refractivity contribution < 1.29 is 9.90 Å². The van der Waals surface area contributed by atoms with Gasteiger partial charge >= 0.3 is 5.97 Å². The fraction of sp³-hybridized carbons (Fsp3) is 0.125. The third-order valence-electron chi connectivity index (χ3n) is 1.79. The number of imidazole rings is 1. The Morgan fingerprint density at radius 1 is 1.64 bits per heavy atom. The second kappa shape index (κ2) is 2.95. The van der Waals surface area contributed by atoms with Crippen LogP contribution in [0, 0.1) is 6.92 Å². The second-order valence-electron chi connectivity index (χ2n) is 2.81. The van der Waals surface area contributed by atoms with E-state index in [1.807, 2.05) is 0 Å². The molecule has 2 heterocycles. The van der Waals surface area contributed by atoms with E-state index in [1.165, 1.54) is 10.7 Å². The second-order valence-corrected chi connectivity index (χ2v) is 3.20. The number of fused-ring (bicyclic) bond motifs is 1. The Balaban J connectivity index is 2.85. The van der Waals surface area contributed by atoms with Gasteiger partial charge in [-0.05, 0) is 13.0 Å². The van der Waals surface area contributed by atoms with Crippen LogP contribution in [0.15, 0.2) is 12.4 Å². The summed E-state index contributed by atoms with van der Waals surface area (Å²) in [4.78, 5) is 18.5. The third-order valence-corrected chi connectivity index (χ3v) is 2.08. The van der Waals surface area contributed by atoms with Crippen LogP contribution in [0.2, 0.25) is 5.15 Å². The smallest absolute Gasteiger partial charge is 0.358 e. The monoisotopic (exact) mass is 211 g/mol. The van der Waals surface area contributed by atoms with Gasteiger partial charge in [0.15, 0.2) is 11.3 Å². The van der Waals surface area contributed by atoms with Crippen molar-refractivity contribution in [1.82, 2.24) is 14.4 Å². The van der Waals surface area contributed by atoms with Gasteiger partial charge in [0.2, 0.25) is 0 Å². The molecule has 5 nitrogen and oxygen atoms in total. The molecule has 2 aromatic rings. The summed E-state index contributed by atoms with van der Waals surface area (Å²) in [7, 11) is 0. The highest BCUT2D eigenvalue weighted by Gasteiger charge is 2.14. The van der Waals surface area contributed by atoms with Crippen LogP contribution in [0.3, 0.4) is 0 Å². The van der Waals surface area contributed by atoms with E-state index in [-0.39, 0.29) is 11.3 Å². The fourth-order valence-corrected chi connectivity index (χ4v) is 1.48. The Morgan fingerprint density at radius 3 is 3.00 bits per heavy atom. The number of carbonyl (C=O) groups is 1. The van der Waals surface area contributed by atoms with Crippen LogP contribution >= 0.6 is 11.6 Å². The summed E-state index contributed by atoms with van der Waals surface area (Å²) in [6.45, 7) is 1.74. The first-order valence-electron chi connectivity index (χ1n) is 3.83. The molecule has 0 radical (unpaired) electrons. The minimum Gasteiger partial charge on any atom is -0.476 e. The van der Waals surface area contributed by atoms with Crippen LogP contribution in [-0.2, 0) is 0 Å². The average Bonchev–Trinajstić information content (AvgIpc) is 2.47. The molecule has 0 atom stereocenters. The van der Waals surface area contributed by atoms with Gasteiger partial charge in [0.1, 0.15) is 11.5 Å². The lowest BCUT2D eigenvalue weighted by Gasteiger charge is -1.98. The molecule has 0 fully saturated rings. The molecule has 0 aliphatic rings. The molecule has 72 valence electrons. The Bertz CT molecular complexity index is 521. The quantitative estimate of drug-likeness (QED) is 0.724. The molecule has 14 heavy (non-hydrogen) atoms. The van der Waals surface area contributed by atoms with Crippen LogP contribution in [-0.4, -0.2) is 25.4 Å². The molecule has 0 amide bonds. The van der Waals surface area contributed by atoms with Crippen molar-refractivity contribution in [3.05, 3.63) is 28.9 Å². The Hall–Kier alpha value is -1.62. The van der Waals surface area contributed by atoms with Crippen molar-refractivity contribution in [2.24, 2.45) is 0 Å². The van der Waals surface area contributed by atoms with Gasteiger partial charge in [0.05, 0.1) is 0 Å². The number of hydrogen-bond donors (Lipinski definition) is 1. The predicted molar refractivity (Wildman–Crippen MR) is 49.7 cm³/mol. The Morgan fingerprint density at radius 2 is 2.36 bits per heavy atom. The third kappa shape index (κ3) is 1.22. The summed E-state index contributed by atoms with van der Waals surface area (Å²) in [5, 5.41) is 9.19. The zero-order chi connectivity index (χ0) is 10.3. The summed E-state index contributed by atoms with van der Waals surface area (Å²) in [5.41, 5.74) is 0.837. The number of carboxylic acids is 1. The number of nitrogens with zero attached hydrogens (tertiary/aromatic N) is 3. The van der Waals surface area contributed by atoms with Gasteiger partial charge in [-0.1, -0.05) is 11.6 Å². The maximum atomic E-state index is 10.7. The number of carboxylic acid groups (broad SMARTS) is 1. The maximum absolute atomic E-state index is 10.7. The zero-order valence-corrected chi connectivity index (χ0v) is 7.99. The van der Waals surface area contributed by atoms with Crippen molar-refractivity contribution in [3.63, 3.8) is 0 Å². The van der Waals surface area contributed by atoms with Crippen molar-refractivity contribution in [2.75, 3.05) is 0 Å². The van der Waals surface area contributed by atoms with Crippen LogP contribution in [0.4, 0.5) is 0 Å². The molecule has 0 saturated heterocycles. The normalized spacial score (nSPS) is 10.7. The molecule has 0 aromatic carbocycles. The first-order valence-corrected chi connectivity index (χ1v) is 4.21. The van der Waals surface area contributed by atoms with Crippen LogP contribution in [0.25, 0.3) is 5.65 Å². The number of hydrogen-bond acceptors (Lipinski definition) is 3. The molecule has 0 aliphatic heterocycles. The largest absolute Gasteiger partial charge is 0.476 e. The molecule has 0 saturated carbocycles. The van der Waals surface area contributed by atoms with E-state index in [4.69, 9.17) is 16.7 Å². The summed E-state index contributed by atoms with van der Waals surface area (Å²) < 4.78 is 1.43. The van der Waals surface area contributed by atoms with Gasteiger partial charge in [-0.25, -0.2) is 14.8 Å². The molecule has 0 unspecified atom stereocenters. The number of aryl methyl sites for hydroxylation is 1. The molecule has 0 aliphatic carbocycles.